The molecule has 3 nitrogen and oxygen atoms in total. The van der Waals surface area contributed by atoms with Crippen molar-refractivity contribution in [2.45, 2.75) is 6.42 Å². The number of aliphatic hydroxyl groups is 1. The first-order valence-electron chi connectivity index (χ1n) is 4.18. The van der Waals surface area contributed by atoms with E-state index in [1.165, 1.54) is 0 Å². The van der Waals surface area contributed by atoms with Crippen LogP contribution in [0.25, 0.3) is 0 Å². The fraction of sp³-hybridized carbons (Fsp3) is 0.778. The van der Waals surface area contributed by atoms with Gasteiger partial charge in [-0.15, -0.1) is 12.8 Å². The highest BCUT2D eigenvalue weighted by atomic mass is 16.5. The molecule has 0 saturated carbocycles. The molecule has 1 N–H and O–H groups in total. The van der Waals surface area contributed by atoms with Gasteiger partial charge >= 0.3 is 0 Å². The molecule has 1 saturated heterocycles. The van der Waals surface area contributed by atoms with E-state index >= 15 is 0 Å². The normalized spacial score (nSPS) is 17.9. The average Bonchev–Trinajstić information content (AvgIpc) is 2.19. The highest BCUT2D eigenvalue weighted by Gasteiger charge is 2.08. The van der Waals surface area contributed by atoms with Crippen LogP contribution in [0, 0.1) is 12.8 Å². The van der Waals surface area contributed by atoms with Gasteiger partial charge < -0.3 is 9.84 Å². The summed E-state index contributed by atoms with van der Waals surface area (Å²) in [6.07, 6.45) is 8.89. The van der Waals surface area contributed by atoms with Crippen LogP contribution in [-0.4, -0.2) is 49.5 Å². The molecule has 3 heteroatoms. The standard InChI is InChI=1S/C7H15NO2.C2H2/c9-5-1-2-8-3-6-10-7-4-8;1-2/h9H,1-7H2;1-2H. The topological polar surface area (TPSA) is 32.7 Å². The fourth-order valence-electron chi connectivity index (χ4n) is 1.12. The summed E-state index contributed by atoms with van der Waals surface area (Å²) in [5.74, 6) is 0. The molecule has 0 aromatic carbocycles. The van der Waals surface area contributed by atoms with E-state index in [-0.39, 0.29) is 0 Å². The number of rotatable bonds is 3. The molecule has 0 aromatic heterocycles. The Balaban J connectivity index is 0.000000561. The van der Waals surface area contributed by atoms with Crippen molar-refractivity contribution in [2.24, 2.45) is 0 Å². The largest absolute Gasteiger partial charge is 0.396 e. The zero-order valence-electron chi connectivity index (χ0n) is 7.41. The van der Waals surface area contributed by atoms with Crippen molar-refractivity contribution in [1.29, 1.82) is 0 Å². The Hall–Kier alpha value is -0.560. The minimum absolute atomic E-state index is 0.303. The first-order valence-corrected chi connectivity index (χ1v) is 4.18. The van der Waals surface area contributed by atoms with Gasteiger partial charge in [-0.05, 0) is 6.42 Å². The van der Waals surface area contributed by atoms with E-state index in [0.29, 0.717) is 6.61 Å². The lowest BCUT2D eigenvalue weighted by Gasteiger charge is -2.25. The first kappa shape index (κ1) is 11.4. The summed E-state index contributed by atoms with van der Waals surface area (Å²) >= 11 is 0. The summed E-state index contributed by atoms with van der Waals surface area (Å²) < 4.78 is 5.18. The number of hydrogen-bond acceptors (Lipinski definition) is 3. The highest BCUT2D eigenvalue weighted by molar-refractivity contribution is 4.60. The lowest BCUT2D eigenvalue weighted by Crippen LogP contribution is -2.37. The molecule has 1 aliphatic heterocycles. The molecule has 70 valence electrons. The summed E-state index contributed by atoms with van der Waals surface area (Å²) in [5, 5.41) is 8.54. The molecule has 0 aromatic rings. The van der Waals surface area contributed by atoms with Gasteiger partial charge in [0.1, 0.15) is 0 Å². The first-order chi connectivity index (χ1) is 5.93. The number of ether oxygens (including phenoxy) is 1. The quantitative estimate of drug-likeness (QED) is 0.604. The second kappa shape index (κ2) is 8.54. The number of terminal acetylenes is 1. The van der Waals surface area contributed by atoms with Gasteiger partial charge in [0.15, 0.2) is 0 Å². The summed E-state index contributed by atoms with van der Waals surface area (Å²) in [6.45, 7) is 5.08. The molecule has 0 spiro atoms. The van der Waals surface area contributed by atoms with Crippen LogP contribution in [-0.2, 0) is 4.74 Å². The predicted octanol–water partition coefficient (Wildman–Crippen LogP) is -0.0496. The Kier molecular flexibility index (Phi) is 8.14. The molecule has 0 bridgehead atoms. The Morgan fingerprint density at radius 1 is 1.25 bits per heavy atom. The maximum absolute atomic E-state index is 8.54. The lowest BCUT2D eigenvalue weighted by molar-refractivity contribution is 0.0353. The van der Waals surface area contributed by atoms with Gasteiger partial charge in [-0.1, -0.05) is 0 Å². The lowest BCUT2D eigenvalue weighted by atomic mass is 10.3. The van der Waals surface area contributed by atoms with E-state index < -0.39 is 0 Å². The SMILES string of the molecule is C#C.OCCCN1CCOCC1. The summed E-state index contributed by atoms with van der Waals surface area (Å²) in [4.78, 5) is 2.32. The monoisotopic (exact) mass is 171 g/mol. The van der Waals surface area contributed by atoms with E-state index in [1.54, 1.807) is 0 Å². The molecule has 1 fully saturated rings. The molecule has 0 radical (unpaired) electrons. The minimum Gasteiger partial charge on any atom is -0.396 e. The Labute approximate surface area is 74.3 Å². The van der Waals surface area contributed by atoms with Crippen molar-refractivity contribution in [3.63, 3.8) is 0 Å². The predicted molar refractivity (Wildman–Crippen MR) is 48.9 cm³/mol. The van der Waals surface area contributed by atoms with Crippen LogP contribution in [0.2, 0.25) is 0 Å². The van der Waals surface area contributed by atoms with Crippen molar-refractivity contribution in [3.8, 4) is 12.8 Å². The number of hydrogen-bond donors (Lipinski definition) is 1. The van der Waals surface area contributed by atoms with Gasteiger partial charge in [0, 0.05) is 26.2 Å². The van der Waals surface area contributed by atoms with Gasteiger partial charge in [-0.25, -0.2) is 0 Å². The van der Waals surface area contributed by atoms with Crippen LogP contribution in [0.4, 0.5) is 0 Å². The summed E-state index contributed by atoms with van der Waals surface area (Å²) in [7, 11) is 0. The summed E-state index contributed by atoms with van der Waals surface area (Å²) in [6, 6.07) is 0. The van der Waals surface area contributed by atoms with Crippen LogP contribution >= 0.6 is 0 Å². The average molecular weight is 171 g/mol. The number of aliphatic hydroxyl groups excluding tert-OH is 1. The molecule has 1 aliphatic rings. The molecule has 0 atom stereocenters. The Morgan fingerprint density at radius 2 is 1.83 bits per heavy atom. The second-order valence-electron chi connectivity index (χ2n) is 2.53. The third-order valence-corrected chi connectivity index (χ3v) is 1.74. The maximum Gasteiger partial charge on any atom is 0.0594 e. The van der Waals surface area contributed by atoms with Crippen molar-refractivity contribution in [3.05, 3.63) is 0 Å². The highest BCUT2D eigenvalue weighted by Crippen LogP contribution is 1.96. The zero-order valence-corrected chi connectivity index (χ0v) is 7.41. The number of morpholine rings is 1. The van der Waals surface area contributed by atoms with E-state index in [2.05, 4.69) is 17.7 Å². The van der Waals surface area contributed by atoms with Crippen LogP contribution < -0.4 is 0 Å². The van der Waals surface area contributed by atoms with Crippen LogP contribution in [0.3, 0.4) is 0 Å². The summed E-state index contributed by atoms with van der Waals surface area (Å²) in [5.41, 5.74) is 0. The van der Waals surface area contributed by atoms with Crippen molar-refractivity contribution in [1.82, 2.24) is 4.90 Å². The molecule has 12 heavy (non-hydrogen) atoms. The van der Waals surface area contributed by atoms with Crippen molar-refractivity contribution >= 4 is 0 Å². The minimum atomic E-state index is 0.303. The third-order valence-electron chi connectivity index (χ3n) is 1.74. The second-order valence-corrected chi connectivity index (χ2v) is 2.53. The van der Waals surface area contributed by atoms with Gasteiger partial charge in [0.25, 0.3) is 0 Å². The smallest absolute Gasteiger partial charge is 0.0594 e. The molecule has 1 rings (SSSR count). The van der Waals surface area contributed by atoms with Gasteiger partial charge in [-0.3, -0.25) is 4.90 Å². The van der Waals surface area contributed by atoms with E-state index in [1.807, 2.05) is 0 Å². The van der Waals surface area contributed by atoms with E-state index in [4.69, 9.17) is 9.84 Å². The van der Waals surface area contributed by atoms with Crippen LogP contribution in [0.5, 0.6) is 0 Å². The third kappa shape index (κ3) is 5.14. The fourth-order valence-corrected chi connectivity index (χ4v) is 1.12. The molecule has 0 aliphatic carbocycles. The van der Waals surface area contributed by atoms with Crippen LogP contribution in [0.1, 0.15) is 6.42 Å². The molecular weight excluding hydrogens is 154 g/mol. The van der Waals surface area contributed by atoms with Gasteiger partial charge in [0.2, 0.25) is 0 Å². The van der Waals surface area contributed by atoms with Gasteiger partial charge in [-0.2, -0.15) is 0 Å². The Bertz CT molecular complexity index is 108. The molecule has 0 amide bonds. The van der Waals surface area contributed by atoms with Crippen molar-refractivity contribution in [2.75, 3.05) is 39.5 Å². The van der Waals surface area contributed by atoms with Crippen molar-refractivity contribution < 1.29 is 9.84 Å². The Morgan fingerprint density at radius 3 is 2.33 bits per heavy atom. The molecule has 0 unspecified atom stereocenters. The molecule has 1 heterocycles. The van der Waals surface area contributed by atoms with E-state index in [9.17, 15) is 0 Å². The maximum atomic E-state index is 8.54. The number of nitrogens with zero attached hydrogens (tertiary/aromatic N) is 1. The zero-order chi connectivity index (χ0) is 9.23. The molecular formula is C9H17NO2. The van der Waals surface area contributed by atoms with Gasteiger partial charge in [0.05, 0.1) is 13.2 Å². The van der Waals surface area contributed by atoms with E-state index in [0.717, 1.165) is 39.3 Å². The van der Waals surface area contributed by atoms with Crippen LogP contribution in [0.15, 0.2) is 0 Å².